The summed E-state index contributed by atoms with van der Waals surface area (Å²) in [6.07, 6.45) is -0.114. The van der Waals surface area contributed by atoms with Gasteiger partial charge in [0.1, 0.15) is 5.82 Å². The predicted octanol–water partition coefficient (Wildman–Crippen LogP) is 8.30. The van der Waals surface area contributed by atoms with E-state index in [0.717, 1.165) is 73.2 Å². The molecule has 1 aromatic heterocycles. The van der Waals surface area contributed by atoms with Crippen molar-refractivity contribution >= 4 is 28.2 Å². The summed E-state index contributed by atoms with van der Waals surface area (Å²) in [5.41, 5.74) is 4.79. The summed E-state index contributed by atoms with van der Waals surface area (Å²) in [6, 6.07) is 19.6. The van der Waals surface area contributed by atoms with Crippen LogP contribution in [0.5, 0.6) is 0 Å². The molecule has 0 radical (unpaired) electrons. The van der Waals surface area contributed by atoms with E-state index in [0.29, 0.717) is 23.6 Å². The van der Waals surface area contributed by atoms with Crippen LogP contribution in [0.25, 0.3) is 10.9 Å². The molecule has 1 N–H and O–H groups in total. The highest BCUT2D eigenvalue weighted by atomic mass is 19.4. The van der Waals surface area contributed by atoms with Crippen LogP contribution in [0.15, 0.2) is 72.8 Å². The normalized spacial score (nSPS) is 14.4. The number of hydrogen-bond donors (Lipinski definition) is 1. The number of fused-ring (bicyclic) bond motifs is 1. The Bertz CT molecular complexity index is 1490. The summed E-state index contributed by atoms with van der Waals surface area (Å²) in [4.78, 5) is 20.0. The Morgan fingerprint density at radius 2 is 1.66 bits per heavy atom. The second kappa shape index (κ2) is 12.3. The van der Waals surface area contributed by atoms with Crippen molar-refractivity contribution in [3.63, 3.8) is 0 Å². The third-order valence-electron chi connectivity index (χ3n) is 7.73. The Balaban J connectivity index is 1.29. The van der Waals surface area contributed by atoms with Crippen LogP contribution in [0.1, 0.15) is 60.9 Å². The van der Waals surface area contributed by atoms with E-state index in [9.17, 15) is 22.4 Å². The standard InChI is InChI=1S/C33H33F4N3O/c1-2-3-27-21-31(40-18-16-24(17-19-40)23-7-11-26(34)12-8-23)29-20-28(13-14-30(29)38-27)39-32(41)15-6-22-4-9-25(10-5-22)33(35,36)37/h4-5,7-14,20-21,24H,2-3,6,15-19H2,1H3,(H,39,41). The van der Waals surface area contributed by atoms with Gasteiger partial charge >= 0.3 is 6.18 Å². The molecule has 3 aromatic carbocycles. The molecule has 1 amide bonds. The number of nitrogens with one attached hydrogen (secondary N) is 1. The Morgan fingerprint density at radius 1 is 0.951 bits per heavy atom. The lowest BCUT2D eigenvalue weighted by Gasteiger charge is -2.34. The molecule has 5 rings (SSSR count). The molecule has 4 nitrogen and oxygen atoms in total. The first-order valence-corrected chi connectivity index (χ1v) is 14.1. The fraction of sp³-hybridized carbons (Fsp3) is 0.333. The third-order valence-corrected chi connectivity index (χ3v) is 7.73. The maximum absolute atomic E-state index is 13.4. The maximum Gasteiger partial charge on any atom is 0.416 e. The SMILES string of the molecule is CCCc1cc(N2CCC(c3ccc(F)cc3)CC2)c2cc(NC(=O)CCc3ccc(C(F)(F)F)cc3)ccc2n1. The lowest BCUT2D eigenvalue weighted by molar-refractivity contribution is -0.137. The predicted molar refractivity (Wildman–Crippen MR) is 155 cm³/mol. The molecule has 8 heteroatoms. The molecule has 0 spiro atoms. The molecule has 0 unspecified atom stereocenters. The lowest BCUT2D eigenvalue weighted by Crippen LogP contribution is -2.33. The van der Waals surface area contributed by atoms with Gasteiger partial charge in [0.2, 0.25) is 5.91 Å². The van der Waals surface area contributed by atoms with Crippen LogP contribution in [0.4, 0.5) is 28.9 Å². The average Bonchev–Trinajstić information content (AvgIpc) is 2.96. The quantitative estimate of drug-likeness (QED) is 0.219. The molecule has 41 heavy (non-hydrogen) atoms. The zero-order valence-electron chi connectivity index (χ0n) is 23.0. The molecule has 0 aliphatic carbocycles. The van der Waals surface area contributed by atoms with Crippen molar-refractivity contribution in [1.82, 2.24) is 4.98 Å². The van der Waals surface area contributed by atoms with Crippen molar-refractivity contribution in [2.45, 2.75) is 57.5 Å². The molecule has 214 valence electrons. The van der Waals surface area contributed by atoms with Crippen molar-refractivity contribution in [3.8, 4) is 0 Å². The summed E-state index contributed by atoms with van der Waals surface area (Å²) in [5.74, 6) is -0.0450. The minimum Gasteiger partial charge on any atom is -0.371 e. The molecule has 1 saturated heterocycles. The van der Waals surface area contributed by atoms with Crippen molar-refractivity contribution in [2.75, 3.05) is 23.3 Å². The summed E-state index contributed by atoms with van der Waals surface area (Å²) in [7, 11) is 0. The zero-order chi connectivity index (χ0) is 29.0. The van der Waals surface area contributed by atoms with E-state index in [1.807, 2.05) is 30.3 Å². The van der Waals surface area contributed by atoms with E-state index < -0.39 is 11.7 Å². The molecule has 0 bridgehead atoms. The van der Waals surface area contributed by atoms with Gasteiger partial charge in [0.25, 0.3) is 0 Å². The Labute approximate surface area is 237 Å². The highest BCUT2D eigenvalue weighted by Crippen LogP contribution is 2.35. The number of amides is 1. The minimum atomic E-state index is -4.38. The zero-order valence-corrected chi connectivity index (χ0v) is 23.0. The van der Waals surface area contributed by atoms with Crippen LogP contribution in [-0.4, -0.2) is 24.0 Å². The maximum atomic E-state index is 13.4. The van der Waals surface area contributed by atoms with Crippen molar-refractivity contribution < 1.29 is 22.4 Å². The molecule has 2 heterocycles. The number of hydrogen-bond acceptors (Lipinski definition) is 3. The van der Waals surface area contributed by atoms with E-state index in [-0.39, 0.29) is 18.1 Å². The molecular weight excluding hydrogens is 530 g/mol. The molecule has 4 aromatic rings. The van der Waals surface area contributed by atoms with E-state index in [2.05, 4.69) is 23.2 Å². The molecule has 1 aliphatic rings. The van der Waals surface area contributed by atoms with Gasteiger partial charge < -0.3 is 10.2 Å². The van der Waals surface area contributed by atoms with Gasteiger partial charge in [-0.15, -0.1) is 0 Å². The summed E-state index contributed by atoms with van der Waals surface area (Å²) in [6.45, 7) is 3.84. The van der Waals surface area contributed by atoms with Crippen molar-refractivity contribution in [2.24, 2.45) is 0 Å². The second-order valence-electron chi connectivity index (χ2n) is 10.7. The molecule has 1 fully saturated rings. The number of carbonyl (C=O) groups excluding carboxylic acids is 1. The lowest BCUT2D eigenvalue weighted by atomic mass is 9.89. The van der Waals surface area contributed by atoms with Crippen LogP contribution in [0.3, 0.4) is 0 Å². The number of piperidine rings is 1. The van der Waals surface area contributed by atoms with Crippen LogP contribution in [0, 0.1) is 5.82 Å². The third kappa shape index (κ3) is 7.04. The van der Waals surface area contributed by atoms with Gasteiger partial charge in [-0.25, -0.2) is 4.39 Å². The molecule has 0 atom stereocenters. The summed E-state index contributed by atoms with van der Waals surface area (Å²) in [5, 5.41) is 3.91. The smallest absolute Gasteiger partial charge is 0.371 e. The van der Waals surface area contributed by atoms with E-state index in [4.69, 9.17) is 4.98 Å². The Kier molecular flexibility index (Phi) is 8.57. The number of aryl methyl sites for hydroxylation is 2. The van der Waals surface area contributed by atoms with Gasteiger partial charge in [0, 0.05) is 42.0 Å². The fourth-order valence-corrected chi connectivity index (χ4v) is 5.52. The monoisotopic (exact) mass is 563 g/mol. The highest BCUT2D eigenvalue weighted by molar-refractivity contribution is 5.98. The first-order chi connectivity index (χ1) is 19.7. The van der Waals surface area contributed by atoms with Crippen molar-refractivity contribution in [1.29, 1.82) is 0 Å². The van der Waals surface area contributed by atoms with Gasteiger partial charge in [-0.1, -0.05) is 37.6 Å². The van der Waals surface area contributed by atoms with Gasteiger partial charge in [-0.05, 0) is 91.3 Å². The molecular formula is C33H33F4N3O. The largest absolute Gasteiger partial charge is 0.416 e. The number of aromatic nitrogens is 1. The highest BCUT2D eigenvalue weighted by Gasteiger charge is 2.30. The van der Waals surface area contributed by atoms with Crippen LogP contribution in [0.2, 0.25) is 0 Å². The number of halogens is 4. The Hall–Kier alpha value is -3.94. The minimum absolute atomic E-state index is 0.154. The van der Waals surface area contributed by atoms with Crippen LogP contribution < -0.4 is 10.2 Å². The first-order valence-electron chi connectivity index (χ1n) is 14.1. The second-order valence-corrected chi connectivity index (χ2v) is 10.7. The van der Waals surface area contributed by atoms with Crippen LogP contribution in [-0.2, 0) is 23.8 Å². The fourth-order valence-electron chi connectivity index (χ4n) is 5.52. The first kappa shape index (κ1) is 28.6. The van der Waals surface area contributed by atoms with Gasteiger partial charge in [0.05, 0.1) is 11.1 Å². The number of pyridine rings is 1. The van der Waals surface area contributed by atoms with Gasteiger partial charge in [-0.3, -0.25) is 9.78 Å². The number of anilines is 2. The number of rotatable bonds is 8. The number of carbonyl (C=O) groups is 1. The number of nitrogens with zero attached hydrogens (tertiary/aromatic N) is 2. The van der Waals surface area contributed by atoms with E-state index in [1.165, 1.54) is 29.8 Å². The van der Waals surface area contributed by atoms with E-state index >= 15 is 0 Å². The Morgan fingerprint density at radius 3 is 2.32 bits per heavy atom. The number of benzene rings is 3. The molecule has 0 saturated carbocycles. The number of alkyl halides is 3. The van der Waals surface area contributed by atoms with Crippen molar-refractivity contribution in [3.05, 3.63) is 101 Å². The van der Waals surface area contributed by atoms with Crippen LogP contribution >= 0.6 is 0 Å². The average molecular weight is 564 g/mol. The van der Waals surface area contributed by atoms with Gasteiger partial charge in [0.15, 0.2) is 0 Å². The topological polar surface area (TPSA) is 45.2 Å². The summed E-state index contributed by atoms with van der Waals surface area (Å²) < 4.78 is 51.8. The van der Waals surface area contributed by atoms with E-state index in [1.54, 1.807) is 0 Å². The molecule has 1 aliphatic heterocycles. The van der Waals surface area contributed by atoms with Gasteiger partial charge in [-0.2, -0.15) is 13.2 Å². The summed E-state index contributed by atoms with van der Waals surface area (Å²) >= 11 is 0.